The average Bonchev–Trinajstić information content (AvgIpc) is 2.40. The summed E-state index contributed by atoms with van der Waals surface area (Å²) in [6, 6.07) is 10.2. The summed E-state index contributed by atoms with van der Waals surface area (Å²) in [5.74, 6) is -0.131. The van der Waals surface area contributed by atoms with Gasteiger partial charge in [-0.05, 0) is 30.7 Å². The fraction of sp³-hybridized carbons (Fsp3) is 0.588. The van der Waals surface area contributed by atoms with Crippen molar-refractivity contribution < 1.29 is 9.53 Å². The Balaban J connectivity index is 2.10. The molecule has 110 valence electrons. The molecule has 0 bridgehead atoms. The molecule has 0 aliphatic carbocycles. The number of esters is 1. The summed E-state index contributed by atoms with van der Waals surface area (Å²) < 4.78 is 5.42. The highest BCUT2D eigenvalue weighted by Crippen LogP contribution is 2.31. The summed E-state index contributed by atoms with van der Waals surface area (Å²) in [5, 5.41) is 3.49. The Morgan fingerprint density at radius 2 is 1.95 bits per heavy atom. The minimum atomic E-state index is -0.591. The third-order valence-corrected chi connectivity index (χ3v) is 3.90. The number of ether oxygens (including phenoxy) is 1. The molecule has 2 atom stereocenters. The zero-order valence-corrected chi connectivity index (χ0v) is 12.9. The van der Waals surface area contributed by atoms with E-state index in [1.807, 2.05) is 25.1 Å². The first-order chi connectivity index (χ1) is 9.30. The van der Waals surface area contributed by atoms with Gasteiger partial charge in [0.15, 0.2) is 0 Å². The van der Waals surface area contributed by atoms with Crippen LogP contribution in [0.25, 0.3) is 0 Å². The SMILES string of the molecule is CC(C)(C)CCC1(C)NC(c2ccccc2)COC1=O. The van der Waals surface area contributed by atoms with Crippen LogP contribution in [0.2, 0.25) is 0 Å². The predicted molar refractivity (Wildman–Crippen MR) is 80.4 cm³/mol. The number of benzene rings is 1. The van der Waals surface area contributed by atoms with Gasteiger partial charge >= 0.3 is 5.97 Å². The van der Waals surface area contributed by atoms with Crippen molar-refractivity contribution in [3.63, 3.8) is 0 Å². The molecule has 1 aliphatic rings. The standard InChI is InChI=1S/C17H25NO2/c1-16(2,3)10-11-17(4)15(19)20-12-14(18-17)13-8-6-5-7-9-13/h5-9,14,18H,10-12H2,1-4H3. The highest BCUT2D eigenvalue weighted by Gasteiger charge is 2.41. The third-order valence-electron chi connectivity index (χ3n) is 3.90. The maximum atomic E-state index is 12.1. The van der Waals surface area contributed by atoms with Crippen LogP contribution in [0.15, 0.2) is 30.3 Å². The molecule has 0 spiro atoms. The molecule has 20 heavy (non-hydrogen) atoms. The van der Waals surface area contributed by atoms with Crippen molar-refractivity contribution in [3.8, 4) is 0 Å². The summed E-state index contributed by atoms with van der Waals surface area (Å²) in [6.45, 7) is 8.95. The van der Waals surface area contributed by atoms with E-state index in [2.05, 4.69) is 38.2 Å². The normalized spacial score (nSPS) is 27.2. The van der Waals surface area contributed by atoms with Crippen molar-refractivity contribution >= 4 is 5.97 Å². The first-order valence-electron chi connectivity index (χ1n) is 7.30. The van der Waals surface area contributed by atoms with E-state index in [1.54, 1.807) is 0 Å². The number of hydrogen-bond donors (Lipinski definition) is 1. The van der Waals surface area contributed by atoms with Crippen LogP contribution >= 0.6 is 0 Å². The Kier molecular flexibility index (Phi) is 4.19. The minimum Gasteiger partial charge on any atom is -0.462 e. The minimum absolute atomic E-state index is 0.0823. The summed E-state index contributed by atoms with van der Waals surface area (Å²) in [4.78, 5) is 12.1. The molecule has 1 aromatic rings. The van der Waals surface area contributed by atoms with Crippen molar-refractivity contribution in [3.05, 3.63) is 35.9 Å². The lowest BCUT2D eigenvalue weighted by atomic mass is 9.82. The lowest BCUT2D eigenvalue weighted by Gasteiger charge is -2.39. The highest BCUT2D eigenvalue weighted by molar-refractivity contribution is 5.81. The van der Waals surface area contributed by atoms with Crippen molar-refractivity contribution in [1.82, 2.24) is 5.32 Å². The second kappa shape index (κ2) is 5.57. The summed E-state index contributed by atoms with van der Waals surface area (Å²) in [5.41, 5.74) is 0.790. The van der Waals surface area contributed by atoms with E-state index in [4.69, 9.17) is 4.74 Å². The molecule has 2 unspecified atom stereocenters. The monoisotopic (exact) mass is 275 g/mol. The molecule has 1 aliphatic heterocycles. The van der Waals surface area contributed by atoms with Gasteiger partial charge in [-0.15, -0.1) is 0 Å². The summed E-state index contributed by atoms with van der Waals surface area (Å²) in [6.07, 6.45) is 1.77. The fourth-order valence-corrected chi connectivity index (χ4v) is 2.47. The van der Waals surface area contributed by atoms with Gasteiger partial charge in [0.2, 0.25) is 0 Å². The molecular weight excluding hydrogens is 250 g/mol. The summed E-state index contributed by atoms with van der Waals surface area (Å²) >= 11 is 0. The Morgan fingerprint density at radius 3 is 2.55 bits per heavy atom. The van der Waals surface area contributed by atoms with Crippen LogP contribution in [0, 0.1) is 5.41 Å². The van der Waals surface area contributed by atoms with Crippen LogP contribution in [0.3, 0.4) is 0 Å². The van der Waals surface area contributed by atoms with Crippen molar-refractivity contribution in [2.24, 2.45) is 5.41 Å². The van der Waals surface area contributed by atoms with E-state index in [9.17, 15) is 4.79 Å². The number of morpholine rings is 1. The number of rotatable bonds is 3. The van der Waals surface area contributed by atoms with E-state index in [0.29, 0.717) is 6.61 Å². The molecule has 3 heteroatoms. The van der Waals surface area contributed by atoms with Gasteiger partial charge in [0.25, 0.3) is 0 Å². The largest absolute Gasteiger partial charge is 0.462 e. The Morgan fingerprint density at radius 1 is 1.30 bits per heavy atom. The molecule has 0 aromatic heterocycles. The second-order valence-corrected chi connectivity index (χ2v) is 7.10. The molecule has 1 N–H and O–H groups in total. The molecule has 1 saturated heterocycles. The smallest absolute Gasteiger partial charge is 0.326 e. The predicted octanol–water partition coefficient (Wildman–Crippen LogP) is 3.46. The number of nitrogens with one attached hydrogen (secondary N) is 1. The van der Waals surface area contributed by atoms with Crippen LogP contribution < -0.4 is 5.32 Å². The topological polar surface area (TPSA) is 38.3 Å². The number of hydrogen-bond acceptors (Lipinski definition) is 3. The van der Waals surface area contributed by atoms with Gasteiger partial charge in [-0.2, -0.15) is 0 Å². The number of carbonyl (C=O) groups excluding carboxylic acids is 1. The Labute approximate surface area is 121 Å². The molecule has 1 fully saturated rings. The second-order valence-electron chi connectivity index (χ2n) is 7.10. The van der Waals surface area contributed by atoms with E-state index in [-0.39, 0.29) is 17.4 Å². The van der Waals surface area contributed by atoms with Crippen LogP contribution in [0.5, 0.6) is 0 Å². The first-order valence-corrected chi connectivity index (χ1v) is 7.30. The fourth-order valence-electron chi connectivity index (χ4n) is 2.47. The molecule has 0 amide bonds. The lowest BCUT2D eigenvalue weighted by Crippen LogP contribution is -2.57. The van der Waals surface area contributed by atoms with Gasteiger partial charge in [0.1, 0.15) is 12.1 Å². The molecular formula is C17H25NO2. The maximum Gasteiger partial charge on any atom is 0.326 e. The lowest BCUT2D eigenvalue weighted by molar-refractivity contribution is -0.158. The van der Waals surface area contributed by atoms with Crippen LogP contribution in [-0.4, -0.2) is 18.1 Å². The van der Waals surface area contributed by atoms with Crippen molar-refractivity contribution in [1.29, 1.82) is 0 Å². The van der Waals surface area contributed by atoms with E-state index in [0.717, 1.165) is 12.8 Å². The maximum absolute atomic E-state index is 12.1. The Bertz CT molecular complexity index is 464. The van der Waals surface area contributed by atoms with Gasteiger partial charge in [-0.25, -0.2) is 0 Å². The van der Waals surface area contributed by atoms with E-state index in [1.165, 1.54) is 5.56 Å². The summed E-state index contributed by atoms with van der Waals surface area (Å²) in [7, 11) is 0. The molecule has 1 aromatic carbocycles. The van der Waals surface area contributed by atoms with Gasteiger partial charge < -0.3 is 4.74 Å². The number of cyclic esters (lactones) is 1. The average molecular weight is 275 g/mol. The van der Waals surface area contributed by atoms with Crippen molar-refractivity contribution in [2.75, 3.05) is 6.61 Å². The third kappa shape index (κ3) is 3.60. The highest BCUT2D eigenvalue weighted by atomic mass is 16.5. The van der Waals surface area contributed by atoms with Gasteiger partial charge in [0, 0.05) is 0 Å². The van der Waals surface area contributed by atoms with Gasteiger partial charge in [0.05, 0.1) is 6.04 Å². The zero-order valence-electron chi connectivity index (χ0n) is 12.9. The first kappa shape index (κ1) is 15.0. The molecule has 2 rings (SSSR count). The quantitative estimate of drug-likeness (QED) is 0.859. The van der Waals surface area contributed by atoms with Crippen LogP contribution in [0.4, 0.5) is 0 Å². The molecule has 0 saturated carbocycles. The zero-order chi connectivity index (χ0) is 14.8. The van der Waals surface area contributed by atoms with Gasteiger partial charge in [-0.1, -0.05) is 51.1 Å². The van der Waals surface area contributed by atoms with E-state index >= 15 is 0 Å². The van der Waals surface area contributed by atoms with Crippen LogP contribution in [-0.2, 0) is 9.53 Å². The van der Waals surface area contributed by atoms with Crippen molar-refractivity contribution in [2.45, 2.75) is 52.1 Å². The van der Waals surface area contributed by atoms with E-state index < -0.39 is 5.54 Å². The molecule has 3 nitrogen and oxygen atoms in total. The molecule has 1 heterocycles. The van der Waals surface area contributed by atoms with Gasteiger partial charge in [-0.3, -0.25) is 10.1 Å². The number of carbonyl (C=O) groups is 1. The van der Waals surface area contributed by atoms with Crippen LogP contribution in [0.1, 0.15) is 52.1 Å². The Hall–Kier alpha value is -1.35. The molecule has 0 radical (unpaired) electrons.